The zero-order chi connectivity index (χ0) is 17.6. The van der Waals surface area contributed by atoms with E-state index in [2.05, 4.69) is 21.2 Å². The van der Waals surface area contributed by atoms with Gasteiger partial charge in [-0.05, 0) is 66.3 Å². The van der Waals surface area contributed by atoms with Gasteiger partial charge in [-0.3, -0.25) is 0 Å². The summed E-state index contributed by atoms with van der Waals surface area (Å²) < 4.78 is 6.50. The molecule has 1 heterocycles. The van der Waals surface area contributed by atoms with Gasteiger partial charge in [-0.1, -0.05) is 39.7 Å². The lowest BCUT2D eigenvalue weighted by molar-refractivity contribution is 0.360. The molecule has 3 aromatic rings. The van der Waals surface area contributed by atoms with Crippen LogP contribution in [-0.2, 0) is 13.1 Å². The molecule has 0 fully saturated rings. The van der Waals surface area contributed by atoms with Gasteiger partial charge in [-0.2, -0.15) is 0 Å². The maximum atomic E-state index is 6.11. The zero-order valence-electron chi connectivity index (χ0n) is 13.3. The van der Waals surface area contributed by atoms with E-state index in [9.17, 15) is 0 Å². The van der Waals surface area contributed by atoms with Crippen molar-refractivity contribution in [2.75, 3.05) is 5.32 Å². The van der Waals surface area contributed by atoms with Crippen LogP contribution in [0.25, 0.3) is 0 Å². The van der Waals surface area contributed by atoms with E-state index in [0.717, 1.165) is 21.5 Å². The van der Waals surface area contributed by atoms with Gasteiger partial charge < -0.3 is 14.6 Å². The number of hydrogen-bond donors (Lipinski definition) is 1. The monoisotopic (exact) mass is 434 g/mol. The van der Waals surface area contributed by atoms with Gasteiger partial charge in [0.1, 0.15) is 5.76 Å². The van der Waals surface area contributed by atoms with Crippen molar-refractivity contribution in [2.45, 2.75) is 13.1 Å². The fourth-order valence-electron chi connectivity index (χ4n) is 2.38. The van der Waals surface area contributed by atoms with Crippen LogP contribution in [0.2, 0.25) is 5.02 Å². The van der Waals surface area contributed by atoms with E-state index >= 15 is 0 Å². The Hall–Kier alpha value is -1.82. The fourth-order valence-corrected chi connectivity index (χ4v) is 3.11. The van der Waals surface area contributed by atoms with Crippen molar-refractivity contribution < 1.29 is 4.42 Å². The molecule has 6 heteroatoms. The lowest BCUT2D eigenvalue weighted by atomic mass is 10.2. The normalized spacial score (nSPS) is 10.5. The van der Waals surface area contributed by atoms with Crippen LogP contribution in [0.15, 0.2) is 75.8 Å². The summed E-state index contributed by atoms with van der Waals surface area (Å²) in [5, 5.41) is 4.61. The summed E-state index contributed by atoms with van der Waals surface area (Å²) in [5.74, 6) is 0.849. The van der Waals surface area contributed by atoms with Gasteiger partial charge in [0.2, 0.25) is 0 Å². The predicted octanol–water partition coefficient (Wildman–Crippen LogP) is 6.09. The molecular formula is C19H16BrClN2OS. The molecule has 0 amide bonds. The van der Waals surface area contributed by atoms with E-state index in [4.69, 9.17) is 28.2 Å². The number of rotatable bonds is 5. The number of furan rings is 1. The quantitative estimate of drug-likeness (QED) is 0.491. The van der Waals surface area contributed by atoms with Gasteiger partial charge in [0.25, 0.3) is 0 Å². The first-order valence-corrected chi connectivity index (χ1v) is 9.26. The standard InChI is InChI=1S/C19H16BrClN2OS/c20-15-6-8-17(9-7-15)22-19(25)23(13-18-5-2-10-24-18)12-14-3-1-4-16(21)11-14/h1-11H,12-13H2,(H,22,25). The van der Waals surface area contributed by atoms with Crippen molar-refractivity contribution in [1.29, 1.82) is 0 Å². The Morgan fingerprint density at radius 1 is 1.08 bits per heavy atom. The van der Waals surface area contributed by atoms with E-state index in [1.807, 2.05) is 65.6 Å². The van der Waals surface area contributed by atoms with Crippen LogP contribution in [0, 0.1) is 0 Å². The molecule has 0 aliphatic carbocycles. The smallest absolute Gasteiger partial charge is 0.174 e. The minimum atomic E-state index is 0.571. The molecule has 25 heavy (non-hydrogen) atoms. The van der Waals surface area contributed by atoms with Crippen molar-refractivity contribution in [3.8, 4) is 0 Å². The summed E-state index contributed by atoms with van der Waals surface area (Å²) in [6, 6.07) is 19.5. The van der Waals surface area contributed by atoms with Gasteiger partial charge in [-0.25, -0.2) is 0 Å². The molecule has 2 aromatic carbocycles. The minimum absolute atomic E-state index is 0.571. The molecule has 0 aliphatic heterocycles. The third kappa shape index (κ3) is 5.33. The predicted molar refractivity (Wildman–Crippen MR) is 110 cm³/mol. The highest BCUT2D eigenvalue weighted by Crippen LogP contribution is 2.18. The Kier molecular flexibility index (Phi) is 6.13. The first-order valence-electron chi connectivity index (χ1n) is 7.68. The summed E-state index contributed by atoms with van der Waals surface area (Å²) in [5.41, 5.74) is 2.02. The second kappa shape index (κ2) is 8.52. The maximum Gasteiger partial charge on any atom is 0.174 e. The third-order valence-electron chi connectivity index (χ3n) is 3.57. The Balaban J connectivity index is 1.77. The molecule has 0 atom stereocenters. The molecule has 3 nitrogen and oxygen atoms in total. The number of nitrogens with one attached hydrogen (secondary N) is 1. The maximum absolute atomic E-state index is 6.11. The van der Waals surface area contributed by atoms with Gasteiger partial charge in [0.05, 0.1) is 12.8 Å². The first-order chi connectivity index (χ1) is 12.1. The number of halogens is 2. The number of thiocarbonyl (C=S) groups is 1. The largest absolute Gasteiger partial charge is 0.467 e. The highest BCUT2D eigenvalue weighted by molar-refractivity contribution is 9.10. The molecule has 1 N–H and O–H groups in total. The van der Waals surface area contributed by atoms with Crippen LogP contribution < -0.4 is 5.32 Å². The third-order valence-corrected chi connectivity index (χ3v) is 4.70. The molecule has 0 saturated heterocycles. The molecule has 3 rings (SSSR count). The van der Waals surface area contributed by atoms with Crippen molar-refractivity contribution in [2.24, 2.45) is 0 Å². The van der Waals surface area contributed by atoms with Crippen LogP contribution in [0.1, 0.15) is 11.3 Å². The average Bonchev–Trinajstić information content (AvgIpc) is 3.09. The molecule has 1 aromatic heterocycles. The highest BCUT2D eigenvalue weighted by atomic mass is 79.9. The van der Waals surface area contributed by atoms with E-state index in [-0.39, 0.29) is 0 Å². The molecule has 0 aliphatic rings. The highest BCUT2D eigenvalue weighted by Gasteiger charge is 2.13. The van der Waals surface area contributed by atoms with Gasteiger partial charge in [0.15, 0.2) is 5.11 Å². The van der Waals surface area contributed by atoms with Crippen LogP contribution in [0.3, 0.4) is 0 Å². The molecule has 0 radical (unpaired) electrons. The van der Waals surface area contributed by atoms with Crippen molar-refractivity contribution in [3.05, 3.63) is 87.7 Å². The Bertz CT molecular complexity index is 837. The number of anilines is 1. The van der Waals surface area contributed by atoms with Crippen LogP contribution in [0.5, 0.6) is 0 Å². The number of hydrogen-bond acceptors (Lipinski definition) is 2. The molecule has 128 valence electrons. The Morgan fingerprint density at radius 2 is 1.88 bits per heavy atom. The van der Waals surface area contributed by atoms with Crippen molar-refractivity contribution in [3.63, 3.8) is 0 Å². The SMILES string of the molecule is S=C(Nc1ccc(Br)cc1)N(Cc1cccc(Cl)c1)Cc1ccco1. The van der Waals surface area contributed by atoms with Crippen LogP contribution in [-0.4, -0.2) is 10.0 Å². The molecule has 0 spiro atoms. The van der Waals surface area contributed by atoms with E-state index in [1.165, 1.54) is 0 Å². The first kappa shape index (κ1) is 18.0. The lowest BCUT2D eigenvalue weighted by Gasteiger charge is -2.25. The second-order valence-electron chi connectivity index (χ2n) is 5.50. The summed E-state index contributed by atoms with van der Waals surface area (Å²) in [7, 11) is 0. The van der Waals surface area contributed by atoms with E-state index in [1.54, 1.807) is 6.26 Å². The van der Waals surface area contributed by atoms with Crippen molar-refractivity contribution >= 4 is 50.5 Å². The molecular weight excluding hydrogens is 420 g/mol. The van der Waals surface area contributed by atoms with Gasteiger partial charge in [0, 0.05) is 21.7 Å². The minimum Gasteiger partial charge on any atom is -0.467 e. The average molecular weight is 436 g/mol. The number of benzene rings is 2. The van der Waals surface area contributed by atoms with Crippen molar-refractivity contribution in [1.82, 2.24) is 4.90 Å². The molecule has 0 bridgehead atoms. The fraction of sp³-hybridized carbons (Fsp3) is 0.105. The Labute approximate surface area is 165 Å². The molecule has 0 unspecified atom stereocenters. The van der Waals surface area contributed by atoms with Gasteiger partial charge in [-0.15, -0.1) is 0 Å². The summed E-state index contributed by atoms with van der Waals surface area (Å²) in [6.45, 7) is 1.20. The van der Waals surface area contributed by atoms with E-state index < -0.39 is 0 Å². The zero-order valence-corrected chi connectivity index (χ0v) is 16.4. The van der Waals surface area contributed by atoms with Crippen LogP contribution in [0.4, 0.5) is 5.69 Å². The Morgan fingerprint density at radius 3 is 2.56 bits per heavy atom. The molecule has 0 saturated carbocycles. The second-order valence-corrected chi connectivity index (χ2v) is 7.24. The topological polar surface area (TPSA) is 28.4 Å². The summed E-state index contributed by atoms with van der Waals surface area (Å²) >= 11 is 15.2. The summed E-state index contributed by atoms with van der Waals surface area (Å²) in [4.78, 5) is 2.04. The van der Waals surface area contributed by atoms with E-state index in [0.29, 0.717) is 23.2 Å². The summed E-state index contributed by atoms with van der Waals surface area (Å²) in [6.07, 6.45) is 1.66. The number of nitrogens with zero attached hydrogens (tertiary/aromatic N) is 1. The van der Waals surface area contributed by atoms with Crippen LogP contribution >= 0.6 is 39.7 Å². The van der Waals surface area contributed by atoms with Gasteiger partial charge >= 0.3 is 0 Å². The lowest BCUT2D eigenvalue weighted by Crippen LogP contribution is -2.33.